The van der Waals surface area contributed by atoms with E-state index in [1.165, 1.54) is 0 Å². The van der Waals surface area contributed by atoms with E-state index in [1.54, 1.807) is 12.1 Å². The van der Waals surface area contributed by atoms with Crippen LogP contribution < -0.4 is 0 Å². The van der Waals surface area contributed by atoms with Gasteiger partial charge in [0.2, 0.25) is 0 Å². The molecular weight excluding hydrogens is 279 g/mol. The molecule has 0 radical (unpaired) electrons. The molecule has 1 atom stereocenters. The smallest absolute Gasteiger partial charge is 0.170 e. The fraction of sp³-hybridized carbons (Fsp3) is 0.188. The van der Waals surface area contributed by atoms with Gasteiger partial charge in [0.1, 0.15) is 0 Å². The van der Waals surface area contributed by atoms with Gasteiger partial charge in [0.15, 0.2) is 5.78 Å². The van der Waals surface area contributed by atoms with Gasteiger partial charge in [-0.2, -0.15) is 0 Å². The van der Waals surface area contributed by atoms with E-state index >= 15 is 0 Å². The van der Waals surface area contributed by atoms with E-state index in [0.29, 0.717) is 10.0 Å². The van der Waals surface area contributed by atoms with Crippen LogP contribution in [0.4, 0.5) is 0 Å². The first-order chi connectivity index (χ1) is 9.16. The highest BCUT2D eigenvalue weighted by atomic mass is 35.5. The normalized spacial score (nSPS) is 18.2. The summed E-state index contributed by atoms with van der Waals surface area (Å²) in [7, 11) is 0. The molecule has 0 heterocycles. The van der Waals surface area contributed by atoms with E-state index < -0.39 is 0 Å². The summed E-state index contributed by atoms with van der Waals surface area (Å²) in [5.41, 5.74) is 2.93. The van der Waals surface area contributed by atoms with Crippen LogP contribution in [0.2, 0.25) is 10.0 Å². The molecule has 1 unspecified atom stereocenters. The molecule has 96 valence electrons. The summed E-state index contributed by atoms with van der Waals surface area (Å²) in [6.07, 6.45) is 1.75. The van der Waals surface area contributed by atoms with Crippen LogP contribution in [0.3, 0.4) is 0 Å². The van der Waals surface area contributed by atoms with Gasteiger partial charge in [0.05, 0.1) is 10.0 Å². The number of carbonyl (C=O) groups excluding carboxylic acids is 1. The second-order valence-corrected chi connectivity index (χ2v) is 5.60. The number of carbonyl (C=O) groups is 1. The number of halogens is 2. The molecule has 0 saturated heterocycles. The lowest BCUT2D eigenvalue weighted by Crippen LogP contribution is -2.20. The summed E-state index contributed by atoms with van der Waals surface area (Å²) in [5.74, 6) is 0.0740. The van der Waals surface area contributed by atoms with Crippen LogP contribution in [-0.4, -0.2) is 5.78 Å². The van der Waals surface area contributed by atoms with Gasteiger partial charge in [-0.05, 0) is 36.1 Å². The van der Waals surface area contributed by atoms with Gasteiger partial charge < -0.3 is 0 Å². The van der Waals surface area contributed by atoms with Gasteiger partial charge in [0, 0.05) is 11.5 Å². The number of benzene rings is 2. The highest BCUT2D eigenvalue weighted by molar-refractivity contribution is 6.42. The molecular formula is C16H12Cl2O. The summed E-state index contributed by atoms with van der Waals surface area (Å²) < 4.78 is 0. The molecule has 3 rings (SSSR count). The zero-order chi connectivity index (χ0) is 13.4. The monoisotopic (exact) mass is 290 g/mol. The molecule has 3 heteroatoms. The second kappa shape index (κ2) is 4.99. The highest BCUT2D eigenvalue weighted by Gasteiger charge is 2.28. The Labute approximate surface area is 122 Å². The molecule has 0 spiro atoms. The Hall–Kier alpha value is -1.31. The van der Waals surface area contributed by atoms with Crippen molar-refractivity contribution in [3.8, 4) is 0 Å². The molecule has 0 amide bonds. The Morgan fingerprint density at radius 3 is 2.58 bits per heavy atom. The average molecular weight is 291 g/mol. The zero-order valence-electron chi connectivity index (χ0n) is 10.2. The lowest BCUT2D eigenvalue weighted by Gasteiger charge is -2.23. The van der Waals surface area contributed by atoms with E-state index in [2.05, 4.69) is 0 Å². The van der Waals surface area contributed by atoms with Crippen molar-refractivity contribution in [3.05, 3.63) is 69.2 Å². The van der Waals surface area contributed by atoms with Crippen LogP contribution in [0, 0.1) is 0 Å². The van der Waals surface area contributed by atoms with Gasteiger partial charge in [0.25, 0.3) is 0 Å². The van der Waals surface area contributed by atoms with Crippen LogP contribution in [0.25, 0.3) is 0 Å². The molecule has 0 bridgehead atoms. The third-order valence-corrected chi connectivity index (χ3v) is 4.39. The van der Waals surface area contributed by atoms with Gasteiger partial charge >= 0.3 is 0 Å². The van der Waals surface area contributed by atoms with Crippen molar-refractivity contribution < 1.29 is 4.79 Å². The van der Waals surface area contributed by atoms with Crippen LogP contribution >= 0.6 is 23.2 Å². The SMILES string of the molecule is O=C1c2ccccc2CCC1c1ccc(Cl)c(Cl)c1. The number of aryl methyl sites for hydroxylation is 1. The van der Waals surface area contributed by atoms with E-state index in [4.69, 9.17) is 23.2 Å². The van der Waals surface area contributed by atoms with Gasteiger partial charge in [-0.15, -0.1) is 0 Å². The van der Waals surface area contributed by atoms with Crippen LogP contribution in [0.1, 0.15) is 33.8 Å². The van der Waals surface area contributed by atoms with Crippen molar-refractivity contribution in [2.45, 2.75) is 18.8 Å². The predicted molar refractivity (Wildman–Crippen MR) is 78.3 cm³/mol. The maximum absolute atomic E-state index is 12.5. The number of hydrogen-bond donors (Lipinski definition) is 0. The Morgan fingerprint density at radius 2 is 1.79 bits per heavy atom. The largest absolute Gasteiger partial charge is 0.293 e. The maximum atomic E-state index is 12.5. The van der Waals surface area contributed by atoms with E-state index in [1.807, 2.05) is 30.3 Å². The molecule has 0 N–H and O–H groups in total. The van der Waals surface area contributed by atoms with Crippen LogP contribution in [0.5, 0.6) is 0 Å². The molecule has 0 aromatic heterocycles. The molecule has 0 fully saturated rings. The summed E-state index contributed by atoms with van der Waals surface area (Å²) >= 11 is 12.0. The molecule has 1 aliphatic rings. The van der Waals surface area contributed by atoms with Crippen molar-refractivity contribution in [1.29, 1.82) is 0 Å². The minimum absolute atomic E-state index is 0.107. The van der Waals surface area contributed by atoms with Crippen molar-refractivity contribution in [3.63, 3.8) is 0 Å². The minimum Gasteiger partial charge on any atom is -0.293 e. The predicted octanol–water partition coefficient (Wildman–Crippen LogP) is 4.91. The fourth-order valence-corrected chi connectivity index (χ4v) is 2.95. The van der Waals surface area contributed by atoms with E-state index in [9.17, 15) is 4.79 Å². The summed E-state index contributed by atoms with van der Waals surface area (Å²) in [5, 5.41) is 1.03. The highest BCUT2D eigenvalue weighted by Crippen LogP contribution is 2.35. The molecule has 2 aromatic rings. The summed E-state index contributed by atoms with van der Waals surface area (Å²) in [6, 6.07) is 13.3. The lowest BCUT2D eigenvalue weighted by molar-refractivity contribution is 0.0946. The number of rotatable bonds is 1. The Kier molecular flexibility index (Phi) is 3.34. The topological polar surface area (TPSA) is 17.1 Å². The molecule has 19 heavy (non-hydrogen) atoms. The first-order valence-electron chi connectivity index (χ1n) is 6.24. The van der Waals surface area contributed by atoms with Crippen molar-refractivity contribution in [2.24, 2.45) is 0 Å². The maximum Gasteiger partial charge on any atom is 0.170 e. The molecule has 1 aliphatic carbocycles. The first-order valence-corrected chi connectivity index (χ1v) is 6.99. The standard InChI is InChI=1S/C16H12Cl2O/c17-14-8-6-11(9-15(14)18)13-7-5-10-3-1-2-4-12(10)16(13)19/h1-4,6,8-9,13H,5,7H2. The Balaban J connectivity index is 2.00. The number of fused-ring (bicyclic) bond motifs is 1. The lowest BCUT2D eigenvalue weighted by atomic mass is 9.79. The second-order valence-electron chi connectivity index (χ2n) is 4.79. The molecule has 0 aliphatic heterocycles. The van der Waals surface area contributed by atoms with Gasteiger partial charge in [-0.1, -0.05) is 53.5 Å². The van der Waals surface area contributed by atoms with Crippen molar-refractivity contribution in [1.82, 2.24) is 0 Å². The Morgan fingerprint density at radius 1 is 1.00 bits per heavy atom. The number of ketones is 1. The van der Waals surface area contributed by atoms with Gasteiger partial charge in [-0.3, -0.25) is 4.79 Å². The number of Topliss-reactive ketones (excluding diaryl/α,β-unsaturated/α-hetero) is 1. The quantitative estimate of drug-likeness (QED) is 0.730. The first kappa shape index (κ1) is 12.7. The third kappa shape index (κ3) is 2.29. The molecule has 1 nitrogen and oxygen atoms in total. The minimum atomic E-state index is -0.107. The van der Waals surface area contributed by atoms with E-state index in [0.717, 1.165) is 29.5 Å². The van der Waals surface area contributed by atoms with E-state index in [-0.39, 0.29) is 11.7 Å². The van der Waals surface area contributed by atoms with Crippen molar-refractivity contribution >= 4 is 29.0 Å². The van der Waals surface area contributed by atoms with Gasteiger partial charge in [-0.25, -0.2) is 0 Å². The van der Waals surface area contributed by atoms with Crippen LogP contribution in [0.15, 0.2) is 42.5 Å². The number of hydrogen-bond acceptors (Lipinski definition) is 1. The summed E-state index contributed by atoms with van der Waals surface area (Å²) in [6.45, 7) is 0. The van der Waals surface area contributed by atoms with Crippen LogP contribution in [-0.2, 0) is 6.42 Å². The Bertz CT molecular complexity index is 649. The third-order valence-electron chi connectivity index (χ3n) is 3.65. The fourth-order valence-electron chi connectivity index (χ4n) is 2.64. The average Bonchev–Trinajstić information content (AvgIpc) is 2.43. The van der Waals surface area contributed by atoms with Crippen molar-refractivity contribution in [2.75, 3.05) is 0 Å². The summed E-state index contributed by atoms with van der Waals surface area (Å²) in [4.78, 5) is 12.5. The zero-order valence-corrected chi connectivity index (χ0v) is 11.7. The molecule has 2 aromatic carbocycles. The molecule has 0 saturated carbocycles.